The Hall–Kier alpha value is -3.85. The van der Waals surface area contributed by atoms with Crippen LogP contribution in [0.5, 0.6) is 5.75 Å². The van der Waals surface area contributed by atoms with E-state index in [4.69, 9.17) is 16.3 Å². The minimum Gasteiger partial charge on any atom is -0.492 e. The number of H-pyrrole nitrogens is 3. The van der Waals surface area contributed by atoms with E-state index in [0.717, 1.165) is 5.56 Å². The summed E-state index contributed by atoms with van der Waals surface area (Å²) in [5.74, 6) is 0.291. The van der Waals surface area contributed by atoms with E-state index in [1.54, 1.807) is 24.3 Å². The monoisotopic (exact) mass is 425 g/mol. The summed E-state index contributed by atoms with van der Waals surface area (Å²) in [5, 5.41) is 3.15. The molecule has 30 heavy (non-hydrogen) atoms. The SMILES string of the molecule is O=C(NCCOc1ccc(-c2cc3[nH]c(=O)[nH]c(=O)c3[nH]2)cc1)c1cc(Cl)ccn1. The molecule has 4 rings (SSSR count). The van der Waals surface area contributed by atoms with E-state index in [1.807, 2.05) is 12.1 Å². The van der Waals surface area contributed by atoms with Crippen molar-refractivity contribution in [2.24, 2.45) is 0 Å². The highest BCUT2D eigenvalue weighted by molar-refractivity contribution is 6.30. The van der Waals surface area contributed by atoms with Gasteiger partial charge in [-0.05, 0) is 48.0 Å². The first-order valence-electron chi connectivity index (χ1n) is 8.98. The topological polar surface area (TPSA) is 133 Å². The lowest BCUT2D eigenvalue weighted by Crippen LogP contribution is -2.28. The summed E-state index contributed by atoms with van der Waals surface area (Å²) in [4.78, 5) is 46.9. The second-order valence-electron chi connectivity index (χ2n) is 6.37. The number of halogens is 1. The molecule has 3 aromatic heterocycles. The van der Waals surface area contributed by atoms with Gasteiger partial charge in [-0.15, -0.1) is 0 Å². The van der Waals surface area contributed by atoms with Gasteiger partial charge >= 0.3 is 5.69 Å². The predicted octanol–water partition coefficient (Wildman–Crippen LogP) is 2.07. The molecule has 0 aliphatic rings. The van der Waals surface area contributed by atoms with Crippen LogP contribution in [-0.4, -0.2) is 39.0 Å². The van der Waals surface area contributed by atoms with Crippen molar-refractivity contribution in [3.8, 4) is 17.0 Å². The molecule has 4 aromatic rings. The molecule has 152 valence electrons. The van der Waals surface area contributed by atoms with Crippen LogP contribution in [0.3, 0.4) is 0 Å². The molecule has 0 atom stereocenters. The molecule has 3 heterocycles. The number of hydrogen-bond acceptors (Lipinski definition) is 5. The summed E-state index contributed by atoms with van der Waals surface area (Å²) in [7, 11) is 0. The van der Waals surface area contributed by atoms with Gasteiger partial charge in [0.25, 0.3) is 11.5 Å². The maximum absolute atomic E-state index is 12.0. The fourth-order valence-corrected chi connectivity index (χ4v) is 3.05. The largest absolute Gasteiger partial charge is 0.492 e. The Morgan fingerprint density at radius 2 is 1.87 bits per heavy atom. The Labute approximate surface area is 174 Å². The van der Waals surface area contributed by atoms with E-state index in [1.165, 1.54) is 12.3 Å². The Morgan fingerprint density at radius 3 is 2.63 bits per heavy atom. The highest BCUT2D eigenvalue weighted by Gasteiger charge is 2.09. The van der Waals surface area contributed by atoms with Crippen molar-refractivity contribution in [3.05, 3.63) is 80.2 Å². The molecule has 4 N–H and O–H groups in total. The number of pyridine rings is 1. The van der Waals surface area contributed by atoms with E-state index in [9.17, 15) is 14.4 Å². The van der Waals surface area contributed by atoms with Crippen LogP contribution in [0.4, 0.5) is 0 Å². The van der Waals surface area contributed by atoms with Gasteiger partial charge in [0, 0.05) is 16.9 Å². The van der Waals surface area contributed by atoms with Gasteiger partial charge in [0.05, 0.1) is 12.1 Å². The molecule has 0 spiro atoms. The summed E-state index contributed by atoms with van der Waals surface area (Å²) in [6.45, 7) is 0.571. The molecule has 0 radical (unpaired) electrons. The third-order valence-corrected chi connectivity index (χ3v) is 4.53. The molecule has 0 saturated heterocycles. The van der Waals surface area contributed by atoms with Crippen molar-refractivity contribution in [2.75, 3.05) is 13.2 Å². The first-order valence-corrected chi connectivity index (χ1v) is 9.36. The average molecular weight is 426 g/mol. The molecule has 0 bridgehead atoms. The lowest BCUT2D eigenvalue weighted by atomic mass is 10.1. The number of ether oxygens (including phenoxy) is 1. The van der Waals surface area contributed by atoms with Crippen LogP contribution in [0.25, 0.3) is 22.3 Å². The van der Waals surface area contributed by atoms with Gasteiger partial charge in [0.2, 0.25) is 0 Å². The zero-order valence-corrected chi connectivity index (χ0v) is 16.2. The van der Waals surface area contributed by atoms with Gasteiger partial charge in [-0.25, -0.2) is 4.79 Å². The Balaban J connectivity index is 1.35. The zero-order valence-electron chi connectivity index (χ0n) is 15.5. The third-order valence-electron chi connectivity index (χ3n) is 4.30. The number of nitrogens with zero attached hydrogens (tertiary/aromatic N) is 1. The number of aromatic amines is 3. The van der Waals surface area contributed by atoms with Crippen molar-refractivity contribution in [1.82, 2.24) is 25.3 Å². The van der Waals surface area contributed by atoms with Crippen LogP contribution >= 0.6 is 11.6 Å². The molecule has 9 nitrogen and oxygen atoms in total. The van der Waals surface area contributed by atoms with Gasteiger partial charge in [0.1, 0.15) is 23.6 Å². The number of hydrogen-bond donors (Lipinski definition) is 4. The minimum atomic E-state index is -0.556. The molecule has 10 heteroatoms. The Morgan fingerprint density at radius 1 is 1.07 bits per heavy atom. The lowest BCUT2D eigenvalue weighted by molar-refractivity contribution is 0.0942. The van der Waals surface area contributed by atoms with Crippen LogP contribution in [0.1, 0.15) is 10.5 Å². The number of benzene rings is 1. The van der Waals surface area contributed by atoms with Crippen LogP contribution in [0.15, 0.2) is 58.3 Å². The van der Waals surface area contributed by atoms with Crippen molar-refractivity contribution in [3.63, 3.8) is 0 Å². The molecular formula is C20H16ClN5O4. The number of carbonyl (C=O) groups is 1. The van der Waals surface area contributed by atoms with Crippen molar-refractivity contribution < 1.29 is 9.53 Å². The van der Waals surface area contributed by atoms with Crippen molar-refractivity contribution in [1.29, 1.82) is 0 Å². The Bertz CT molecular complexity index is 1320. The summed E-state index contributed by atoms with van der Waals surface area (Å²) >= 11 is 5.85. The summed E-state index contributed by atoms with van der Waals surface area (Å²) in [5.41, 5.74) is 1.45. The van der Waals surface area contributed by atoms with Crippen LogP contribution in [0, 0.1) is 0 Å². The van der Waals surface area contributed by atoms with Gasteiger partial charge in [-0.3, -0.25) is 19.6 Å². The molecule has 0 unspecified atom stereocenters. The number of nitrogens with one attached hydrogen (secondary N) is 4. The maximum atomic E-state index is 12.0. The summed E-state index contributed by atoms with van der Waals surface area (Å²) in [6, 6.07) is 12.0. The highest BCUT2D eigenvalue weighted by Crippen LogP contribution is 2.23. The number of carbonyl (C=O) groups excluding carboxylic acids is 1. The standard InChI is InChI=1S/C20H16ClN5O4/c21-12-5-6-22-16(9-12)18(27)23-7-8-30-13-3-1-11(2-4-13)14-10-15-17(24-14)19(28)26-20(29)25-15/h1-6,9-10,24H,7-8H2,(H,23,27)(H2,25,26,28,29). The van der Waals surface area contributed by atoms with E-state index in [-0.39, 0.29) is 18.2 Å². The minimum absolute atomic E-state index is 0.241. The van der Waals surface area contributed by atoms with E-state index < -0.39 is 11.2 Å². The smallest absolute Gasteiger partial charge is 0.326 e. The number of fused-ring (bicyclic) bond motifs is 1. The second-order valence-corrected chi connectivity index (χ2v) is 6.80. The van der Waals surface area contributed by atoms with Crippen LogP contribution in [-0.2, 0) is 0 Å². The number of amides is 1. The molecular weight excluding hydrogens is 410 g/mol. The number of aromatic nitrogens is 4. The van der Waals surface area contributed by atoms with Gasteiger partial charge < -0.3 is 20.0 Å². The number of rotatable bonds is 6. The van der Waals surface area contributed by atoms with E-state index in [0.29, 0.717) is 34.0 Å². The van der Waals surface area contributed by atoms with Gasteiger partial charge in [-0.2, -0.15) is 0 Å². The average Bonchev–Trinajstić information content (AvgIpc) is 3.16. The predicted molar refractivity (Wildman–Crippen MR) is 112 cm³/mol. The van der Waals surface area contributed by atoms with Crippen molar-refractivity contribution >= 4 is 28.5 Å². The second kappa shape index (κ2) is 8.26. The van der Waals surface area contributed by atoms with Crippen LogP contribution < -0.4 is 21.3 Å². The maximum Gasteiger partial charge on any atom is 0.326 e. The van der Waals surface area contributed by atoms with E-state index >= 15 is 0 Å². The molecule has 1 aromatic carbocycles. The molecule has 0 saturated carbocycles. The summed E-state index contributed by atoms with van der Waals surface area (Å²) < 4.78 is 5.63. The van der Waals surface area contributed by atoms with Crippen LogP contribution in [0.2, 0.25) is 5.02 Å². The quantitative estimate of drug-likeness (QED) is 0.351. The fourth-order valence-electron chi connectivity index (χ4n) is 2.89. The molecule has 0 aliphatic heterocycles. The van der Waals surface area contributed by atoms with Crippen molar-refractivity contribution in [2.45, 2.75) is 0 Å². The van der Waals surface area contributed by atoms with E-state index in [2.05, 4.69) is 25.3 Å². The summed E-state index contributed by atoms with van der Waals surface area (Å²) in [6.07, 6.45) is 1.47. The lowest BCUT2D eigenvalue weighted by Gasteiger charge is -2.08. The first-order chi connectivity index (χ1) is 14.5. The normalized spacial score (nSPS) is 10.8. The highest BCUT2D eigenvalue weighted by atomic mass is 35.5. The molecule has 0 aliphatic carbocycles. The molecule has 0 fully saturated rings. The van der Waals surface area contributed by atoms with Gasteiger partial charge in [0.15, 0.2) is 0 Å². The third kappa shape index (κ3) is 4.26. The zero-order chi connectivity index (χ0) is 21.1. The fraction of sp³-hybridized carbons (Fsp3) is 0.100. The first kappa shape index (κ1) is 19.5. The van der Waals surface area contributed by atoms with Gasteiger partial charge in [-0.1, -0.05) is 11.6 Å². The molecule has 1 amide bonds. The Kier molecular flexibility index (Phi) is 5.36.